The predicted octanol–water partition coefficient (Wildman–Crippen LogP) is -0.367. The summed E-state index contributed by atoms with van der Waals surface area (Å²) in [6.45, 7) is 6.26. The molecular weight excluding hydrogens is 438 g/mol. The number of nitrogens with one attached hydrogen (secondary N) is 1. The monoisotopic (exact) mass is 467 g/mol. The smallest absolute Gasteiger partial charge is 0.330 e. The Kier molecular flexibility index (Phi) is 7.69. The Morgan fingerprint density at radius 2 is 1.64 bits per heavy atom. The molecule has 0 bridgehead atoms. The molecule has 1 aromatic heterocycles. The molecule has 182 valence electrons. The summed E-state index contributed by atoms with van der Waals surface area (Å²) in [6, 6.07) is -0.682. The SMILES string of the molecule is CC(=O)OC[C@H]1O[C@@H](n2cc(C)c(=O)[nH]c2=O)[C@@H](OC(C)=O)[C@H](N2CCCC2)[C@@H]1OC(C)=O. The van der Waals surface area contributed by atoms with Crippen LogP contribution in [0.4, 0.5) is 0 Å². The van der Waals surface area contributed by atoms with E-state index in [0.717, 1.165) is 17.4 Å². The van der Waals surface area contributed by atoms with Crippen molar-refractivity contribution in [2.75, 3.05) is 19.7 Å². The van der Waals surface area contributed by atoms with E-state index in [1.54, 1.807) is 0 Å². The van der Waals surface area contributed by atoms with Crippen LogP contribution in [0.15, 0.2) is 15.8 Å². The average Bonchev–Trinajstić information content (AvgIpc) is 3.24. The highest BCUT2D eigenvalue weighted by molar-refractivity contribution is 5.67. The summed E-state index contributed by atoms with van der Waals surface area (Å²) in [5.74, 6) is -1.77. The van der Waals surface area contributed by atoms with Gasteiger partial charge in [0.1, 0.15) is 12.7 Å². The number of hydrogen-bond acceptors (Lipinski definition) is 10. The minimum atomic E-state index is -1.17. The molecule has 0 aliphatic carbocycles. The number of nitrogens with zero attached hydrogens (tertiary/aromatic N) is 2. The lowest BCUT2D eigenvalue weighted by atomic mass is 9.93. The van der Waals surface area contributed by atoms with Crippen LogP contribution in [0.1, 0.15) is 45.4 Å². The molecule has 33 heavy (non-hydrogen) atoms. The lowest BCUT2D eigenvalue weighted by molar-refractivity contribution is -0.252. The van der Waals surface area contributed by atoms with Crippen LogP contribution in [-0.4, -0.2) is 76.4 Å². The second-order valence-electron chi connectivity index (χ2n) is 8.23. The van der Waals surface area contributed by atoms with E-state index in [-0.39, 0.29) is 12.2 Å². The largest absolute Gasteiger partial charge is 0.463 e. The summed E-state index contributed by atoms with van der Waals surface area (Å²) in [5, 5.41) is 0. The number of ether oxygens (including phenoxy) is 4. The van der Waals surface area contributed by atoms with Gasteiger partial charge in [0, 0.05) is 32.5 Å². The van der Waals surface area contributed by atoms with Crippen molar-refractivity contribution >= 4 is 17.9 Å². The van der Waals surface area contributed by atoms with Gasteiger partial charge in [0.2, 0.25) is 0 Å². The van der Waals surface area contributed by atoms with Crippen molar-refractivity contribution in [2.45, 2.75) is 71.1 Å². The van der Waals surface area contributed by atoms with E-state index < -0.39 is 59.7 Å². The molecule has 0 saturated carbocycles. The van der Waals surface area contributed by atoms with E-state index >= 15 is 0 Å². The topological polar surface area (TPSA) is 146 Å². The van der Waals surface area contributed by atoms with E-state index in [9.17, 15) is 24.0 Å². The quantitative estimate of drug-likeness (QED) is 0.434. The normalized spacial score (nSPS) is 27.7. The van der Waals surface area contributed by atoms with Crippen LogP contribution in [0.2, 0.25) is 0 Å². The second kappa shape index (κ2) is 10.3. The molecule has 2 saturated heterocycles. The Morgan fingerprint density at radius 1 is 1.03 bits per heavy atom. The van der Waals surface area contributed by atoms with Crippen molar-refractivity contribution in [1.29, 1.82) is 0 Å². The maximum Gasteiger partial charge on any atom is 0.330 e. The first-order valence-electron chi connectivity index (χ1n) is 10.8. The Labute approximate surface area is 189 Å². The van der Waals surface area contributed by atoms with Gasteiger partial charge in [0.15, 0.2) is 18.4 Å². The molecule has 0 unspecified atom stereocenters. The van der Waals surface area contributed by atoms with Gasteiger partial charge in [-0.05, 0) is 32.9 Å². The molecular formula is C21H29N3O9. The Hall–Kier alpha value is -2.99. The fourth-order valence-corrected chi connectivity index (χ4v) is 4.35. The summed E-state index contributed by atoms with van der Waals surface area (Å²) in [4.78, 5) is 64.3. The summed E-state index contributed by atoms with van der Waals surface area (Å²) in [5.41, 5.74) is -1.07. The molecule has 3 heterocycles. The predicted molar refractivity (Wildman–Crippen MR) is 112 cm³/mol. The number of aryl methyl sites for hydroxylation is 1. The van der Waals surface area contributed by atoms with Crippen molar-refractivity contribution in [3.05, 3.63) is 32.6 Å². The third-order valence-electron chi connectivity index (χ3n) is 5.67. The maximum absolute atomic E-state index is 12.7. The van der Waals surface area contributed by atoms with E-state index in [1.807, 2.05) is 4.90 Å². The van der Waals surface area contributed by atoms with Crippen LogP contribution in [0, 0.1) is 6.92 Å². The molecule has 2 fully saturated rings. The Morgan fingerprint density at radius 3 is 2.21 bits per heavy atom. The number of esters is 3. The zero-order chi connectivity index (χ0) is 24.3. The molecule has 0 amide bonds. The highest BCUT2D eigenvalue weighted by Crippen LogP contribution is 2.36. The zero-order valence-electron chi connectivity index (χ0n) is 19.1. The molecule has 12 nitrogen and oxygen atoms in total. The Balaban J connectivity index is 2.14. The third-order valence-corrected chi connectivity index (χ3v) is 5.67. The lowest BCUT2D eigenvalue weighted by Crippen LogP contribution is -2.65. The number of likely N-dealkylation sites (tertiary alicyclic amines) is 1. The minimum absolute atomic E-state index is 0.246. The van der Waals surface area contributed by atoms with E-state index in [2.05, 4.69) is 4.98 Å². The van der Waals surface area contributed by atoms with Gasteiger partial charge >= 0.3 is 23.6 Å². The molecule has 1 aromatic rings. The average molecular weight is 467 g/mol. The molecule has 0 spiro atoms. The van der Waals surface area contributed by atoms with Gasteiger partial charge in [-0.1, -0.05) is 0 Å². The fraction of sp³-hybridized carbons (Fsp3) is 0.667. The second-order valence-corrected chi connectivity index (χ2v) is 8.23. The highest BCUT2D eigenvalue weighted by atomic mass is 16.6. The third kappa shape index (κ3) is 5.69. The van der Waals surface area contributed by atoms with E-state index in [1.165, 1.54) is 33.9 Å². The summed E-state index contributed by atoms with van der Waals surface area (Å²) in [6.07, 6.45) is -1.05. The van der Waals surface area contributed by atoms with Crippen LogP contribution >= 0.6 is 0 Å². The van der Waals surface area contributed by atoms with Gasteiger partial charge in [-0.3, -0.25) is 33.6 Å². The first-order valence-corrected chi connectivity index (χ1v) is 10.8. The van der Waals surface area contributed by atoms with Gasteiger partial charge in [0.25, 0.3) is 5.56 Å². The van der Waals surface area contributed by atoms with Gasteiger partial charge in [-0.25, -0.2) is 4.79 Å². The summed E-state index contributed by atoms with van der Waals surface area (Å²) < 4.78 is 23.6. The number of aromatic nitrogens is 2. The van der Waals surface area contributed by atoms with Crippen LogP contribution in [0.3, 0.4) is 0 Å². The minimum Gasteiger partial charge on any atom is -0.463 e. The maximum atomic E-state index is 12.7. The van der Waals surface area contributed by atoms with Crippen LogP contribution in [0.5, 0.6) is 0 Å². The van der Waals surface area contributed by atoms with Gasteiger partial charge in [-0.15, -0.1) is 0 Å². The zero-order valence-corrected chi connectivity index (χ0v) is 19.1. The first kappa shape index (κ1) is 24.6. The molecule has 2 aliphatic rings. The standard InChI is InChI=1S/C21H29N3O9/c1-11-9-24(21(29)22-19(11)28)20-18(32-14(4)27)16(23-7-5-6-8-23)17(31-13(3)26)15(33-20)10-30-12(2)25/h9,15-18,20H,5-8,10H2,1-4H3,(H,22,28,29)/t15-,16-,17-,18+,20-/m1/s1. The molecule has 5 atom stereocenters. The Bertz CT molecular complexity index is 1010. The molecule has 2 aliphatic heterocycles. The number of hydrogen-bond donors (Lipinski definition) is 1. The van der Waals surface area contributed by atoms with Crippen molar-refractivity contribution in [1.82, 2.24) is 14.5 Å². The first-order chi connectivity index (χ1) is 15.6. The van der Waals surface area contributed by atoms with Crippen molar-refractivity contribution < 1.29 is 33.3 Å². The van der Waals surface area contributed by atoms with Gasteiger partial charge < -0.3 is 18.9 Å². The van der Waals surface area contributed by atoms with E-state index in [0.29, 0.717) is 13.1 Å². The number of aromatic amines is 1. The van der Waals surface area contributed by atoms with Crippen molar-refractivity contribution in [3.8, 4) is 0 Å². The number of carbonyl (C=O) groups is 3. The summed E-state index contributed by atoms with van der Waals surface area (Å²) >= 11 is 0. The van der Waals surface area contributed by atoms with Crippen molar-refractivity contribution in [3.63, 3.8) is 0 Å². The van der Waals surface area contributed by atoms with Crippen molar-refractivity contribution in [2.24, 2.45) is 0 Å². The van der Waals surface area contributed by atoms with Gasteiger partial charge in [-0.2, -0.15) is 0 Å². The number of H-pyrrole nitrogens is 1. The fourth-order valence-electron chi connectivity index (χ4n) is 4.35. The number of carbonyl (C=O) groups excluding carboxylic acids is 3. The van der Waals surface area contributed by atoms with Crippen LogP contribution in [0.25, 0.3) is 0 Å². The van der Waals surface area contributed by atoms with E-state index in [4.69, 9.17) is 18.9 Å². The molecule has 12 heteroatoms. The lowest BCUT2D eigenvalue weighted by Gasteiger charge is -2.48. The summed E-state index contributed by atoms with van der Waals surface area (Å²) in [7, 11) is 0. The highest BCUT2D eigenvalue weighted by Gasteiger charge is 2.53. The number of rotatable bonds is 6. The molecule has 3 rings (SSSR count). The molecule has 0 aromatic carbocycles. The molecule has 1 N–H and O–H groups in total. The van der Waals surface area contributed by atoms with Gasteiger partial charge in [0.05, 0.1) is 6.04 Å². The van der Waals surface area contributed by atoms with Crippen LogP contribution in [-0.2, 0) is 33.3 Å². The molecule has 0 radical (unpaired) electrons. The van der Waals surface area contributed by atoms with Crippen LogP contribution < -0.4 is 11.2 Å².